The molecular weight excluding hydrogens is 176 g/mol. The van der Waals surface area contributed by atoms with E-state index in [-0.39, 0.29) is 17.9 Å². The second-order valence-electron chi connectivity index (χ2n) is 4.67. The van der Waals surface area contributed by atoms with Gasteiger partial charge in [0.25, 0.3) is 0 Å². The van der Waals surface area contributed by atoms with Crippen LogP contribution < -0.4 is 11.1 Å². The number of nitrogens with one attached hydrogen (secondary N) is 1. The molecule has 0 spiro atoms. The fraction of sp³-hybridized carbons (Fsp3) is 0.909. The minimum absolute atomic E-state index is 0.0714. The van der Waals surface area contributed by atoms with Gasteiger partial charge in [0.1, 0.15) is 0 Å². The lowest BCUT2D eigenvalue weighted by Gasteiger charge is -2.15. The smallest absolute Gasteiger partial charge is 0.224 e. The van der Waals surface area contributed by atoms with Crippen LogP contribution in [0, 0.1) is 11.8 Å². The topological polar surface area (TPSA) is 55.1 Å². The van der Waals surface area contributed by atoms with Crippen molar-refractivity contribution in [3.63, 3.8) is 0 Å². The van der Waals surface area contributed by atoms with E-state index in [0.29, 0.717) is 5.92 Å². The fourth-order valence-corrected chi connectivity index (χ4v) is 1.93. The number of hydrogen-bond acceptors (Lipinski definition) is 2. The van der Waals surface area contributed by atoms with Gasteiger partial charge in [-0.15, -0.1) is 0 Å². The largest absolute Gasteiger partial charge is 0.356 e. The van der Waals surface area contributed by atoms with E-state index in [1.165, 1.54) is 0 Å². The molecule has 2 unspecified atom stereocenters. The number of nitrogens with two attached hydrogens (primary N) is 1. The van der Waals surface area contributed by atoms with Crippen molar-refractivity contribution in [1.82, 2.24) is 5.32 Å². The Morgan fingerprint density at radius 3 is 2.71 bits per heavy atom. The van der Waals surface area contributed by atoms with E-state index in [4.69, 9.17) is 5.73 Å². The summed E-state index contributed by atoms with van der Waals surface area (Å²) in [5.74, 6) is 0.880. The summed E-state index contributed by atoms with van der Waals surface area (Å²) in [6, 6.07) is 0.0917. The third-order valence-electron chi connectivity index (χ3n) is 2.93. The lowest BCUT2D eigenvalue weighted by molar-refractivity contribution is -0.125. The van der Waals surface area contributed by atoms with Crippen molar-refractivity contribution < 1.29 is 4.79 Å². The molecular formula is C11H22N2O. The van der Waals surface area contributed by atoms with Crippen molar-refractivity contribution >= 4 is 5.91 Å². The van der Waals surface area contributed by atoms with Crippen molar-refractivity contribution in [2.24, 2.45) is 17.6 Å². The van der Waals surface area contributed by atoms with Crippen LogP contribution in [-0.2, 0) is 4.79 Å². The summed E-state index contributed by atoms with van der Waals surface area (Å²) >= 11 is 0. The van der Waals surface area contributed by atoms with Gasteiger partial charge in [-0.1, -0.05) is 20.3 Å². The summed E-state index contributed by atoms with van der Waals surface area (Å²) in [7, 11) is 0. The van der Waals surface area contributed by atoms with Gasteiger partial charge in [-0.05, 0) is 25.2 Å². The molecule has 0 aromatic heterocycles. The van der Waals surface area contributed by atoms with Gasteiger partial charge < -0.3 is 11.1 Å². The standard InChI is InChI=1S/C11H22N2O/c1-8(2)6-7-13-11(14)9-4-3-5-10(9)12/h8-10H,3-7,12H2,1-2H3,(H,13,14). The van der Waals surface area contributed by atoms with E-state index in [0.717, 1.165) is 32.2 Å². The SMILES string of the molecule is CC(C)CCNC(=O)C1CCCC1N. The summed E-state index contributed by atoms with van der Waals surface area (Å²) in [4.78, 5) is 11.6. The predicted octanol–water partition coefficient (Wildman–Crippen LogP) is 1.28. The molecule has 0 bridgehead atoms. The van der Waals surface area contributed by atoms with Crippen molar-refractivity contribution in [3.05, 3.63) is 0 Å². The van der Waals surface area contributed by atoms with Crippen molar-refractivity contribution in [2.75, 3.05) is 6.54 Å². The van der Waals surface area contributed by atoms with Crippen LogP contribution in [0.4, 0.5) is 0 Å². The van der Waals surface area contributed by atoms with E-state index in [1.807, 2.05) is 0 Å². The van der Waals surface area contributed by atoms with Gasteiger partial charge in [-0.2, -0.15) is 0 Å². The summed E-state index contributed by atoms with van der Waals surface area (Å²) in [5, 5.41) is 2.97. The van der Waals surface area contributed by atoms with Gasteiger partial charge in [0, 0.05) is 12.6 Å². The number of amides is 1. The average molecular weight is 198 g/mol. The minimum Gasteiger partial charge on any atom is -0.356 e. The quantitative estimate of drug-likeness (QED) is 0.715. The van der Waals surface area contributed by atoms with Crippen LogP contribution in [0.15, 0.2) is 0 Å². The molecule has 82 valence electrons. The second-order valence-corrected chi connectivity index (χ2v) is 4.67. The Kier molecular flexibility index (Phi) is 4.39. The zero-order chi connectivity index (χ0) is 10.6. The molecule has 0 radical (unpaired) electrons. The first-order chi connectivity index (χ1) is 6.61. The molecule has 0 aliphatic heterocycles. The average Bonchev–Trinajstić information content (AvgIpc) is 2.50. The van der Waals surface area contributed by atoms with Crippen LogP contribution >= 0.6 is 0 Å². The van der Waals surface area contributed by atoms with Gasteiger partial charge in [-0.25, -0.2) is 0 Å². The highest BCUT2D eigenvalue weighted by Gasteiger charge is 2.29. The second kappa shape index (κ2) is 5.35. The predicted molar refractivity (Wildman–Crippen MR) is 57.8 cm³/mol. The summed E-state index contributed by atoms with van der Waals surface area (Å²) < 4.78 is 0. The first kappa shape index (κ1) is 11.5. The van der Waals surface area contributed by atoms with Gasteiger partial charge in [0.2, 0.25) is 5.91 Å². The summed E-state index contributed by atoms with van der Waals surface area (Å²) in [5.41, 5.74) is 5.85. The highest BCUT2D eigenvalue weighted by atomic mass is 16.1. The molecule has 3 N–H and O–H groups in total. The summed E-state index contributed by atoms with van der Waals surface area (Å²) in [6.07, 6.45) is 4.12. The zero-order valence-corrected chi connectivity index (χ0v) is 9.25. The molecule has 1 aliphatic rings. The summed E-state index contributed by atoms with van der Waals surface area (Å²) in [6.45, 7) is 5.11. The van der Waals surface area contributed by atoms with E-state index >= 15 is 0 Å². The Morgan fingerprint density at radius 2 is 2.21 bits per heavy atom. The molecule has 0 saturated heterocycles. The Labute approximate surface area is 86.4 Å². The maximum atomic E-state index is 11.6. The van der Waals surface area contributed by atoms with Crippen LogP contribution in [0.5, 0.6) is 0 Å². The Hall–Kier alpha value is -0.570. The van der Waals surface area contributed by atoms with E-state index in [1.54, 1.807) is 0 Å². The lowest BCUT2D eigenvalue weighted by atomic mass is 10.0. The third kappa shape index (κ3) is 3.29. The number of carbonyl (C=O) groups is 1. The number of hydrogen-bond donors (Lipinski definition) is 2. The van der Waals surface area contributed by atoms with Gasteiger partial charge >= 0.3 is 0 Å². The van der Waals surface area contributed by atoms with Gasteiger partial charge in [-0.3, -0.25) is 4.79 Å². The van der Waals surface area contributed by atoms with Crippen LogP contribution in [0.1, 0.15) is 39.5 Å². The van der Waals surface area contributed by atoms with Crippen LogP contribution in [0.2, 0.25) is 0 Å². The van der Waals surface area contributed by atoms with Gasteiger partial charge in [0.15, 0.2) is 0 Å². The molecule has 14 heavy (non-hydrogen) atoms. The zero-order valence-electron chi connectivity index (χ0n) is 9.25. The normalized spacial score (nSPS) is 26.9. The minimum atomic E-state index is 0.0714. The third-order valence-corrected chi connectivity index (χ3v) is 2.93. The van der Waals surface area contributed by atoms with Crippen LogP contribution in [0.25, 0.3) is 0 Å². The molecule has 3 nitrogen and oxygen atoms in total. The maximum absolute atomic E-state index is 11.6. The molecule has 1 saturated carbocycles. The van der Waals surface area contributed by atoms with Crippen molar-refractivity contribution in [2.45, 2.75) is 45.6 Å². The van der Waals surface area contributed by atoms with Crippen LogP contribution in [-0.4, -0.2) is 18.5 Å². The number of carbonyl (C=O) groups excluding carboxylic acids is 1. The Morgan fingerprint density at radius 1 is 1.50 bits per heavy atom. The first-order valence-corrected chi connectivity index (χ1v) is 5.64. The molecule has 1 aliphatic carbocycles. The molecule has 1 fully saturated rings. The Bertz CT molecular complexity index is 192. The van der Waals surface area contributed by atoms with E-state index in [2.05, 4.69) is 19.2 Å². The highest BCUT2D eigenvalue weighted by Crippen LogP contribution is 2.23. The van der Waals surface area contributed by atoms with Gasteiger partial charge in [0.05, 0.1) is 5.92 Å². The number of rotatable bonds is 4. The monoisotopic (exact) mass is 198 g/mol. The molecule has 3 heteroatoms. The van der Waals surface area contributed by atoms with E-state index in [9.17, 15) is 4.79 Å². The van der Waals surface area contributed by atoms with Crippen molar-refractivity contribution in [3.8, 4) is 0 Å². The lowest BCUT2D eigenvalue weighted by Crippen LogP contribution is -2.39. The Balaban J connectivity index is 2.21. The van der Waals surface area contributed by atoms with Crippen molar-refractivity contribution in [1.29, 1.82) is 0 Å². The molecule has 1 amide bonds. The fourth-order valence-electron chi connectivity index (χ4n) is 1.93. The van der Waals surface area contributed by atoms with Crippen LogP contribution in [0.3, 0.4) is 0 Å². The first-order valence-electron chi connectivity index (χ1n) is 5.64. The molecule has 2 atom stereocenters. The molecule has 0 heterocycles. The molecule has 0 aromatic rings. The molecule has 1 rings (SSSR count). The molecule has 0 aromatic carbocycles. The van der Waals surface area contributed by atoms with E-state index < -0.39 is 0 Å². The maximum Gasteiger partial charge on any atom is 0.224 e. The highest BCUT2D eigenvalue weighted by molar-refractivity contribution is 5.79.